The fraction of sp³-hybridized carbons (Fsp3) is 0.333. The first-order valence-corrected chi connectivity index (χ1v) is 2.43. The summed E-state index contributed by atoms with van der Waals surface area (Å²) in [5, 5.41) is 4.06. The Morgan fingerprint density at radius 3 is 2.38 bits per heavy atom. The molecule has 38 valence electrons. The van der Waals surface area contributed by atoms with Gasteiger partial charge in [0, 0.05) is 0 Å². The van der Waals surface area contributed by atoms with Gasteiger partial charge in [0.2, 0.25) is 0 Å². The molecule has 0 aliphatic carbocycles. The molecule has 0 spiro atoms. The molecule has 0 N–H and O–H groups in total. The van der Waals surface area contributed by atoms with Crippen LogP contribution < -0.4 is 29.6 Å². The Labute approximate surface area is 72.1 Å². The molecule has 0 amide bonds. The zero-order chi connectivity index (χ0) is 5.11. The van der Waals surface area contributed by atoms with Crippen molar-refractivity contribution in [2.24, 2.45) is 0 Å². The first kappa shape index (κ1) is 8.28. The molecule has 0 aromatic carbocycles. The van der Waals surface area contributed by atoms with Crippen molar-refractivity contribution in [3.8, 4) is 0 Å². The van der Waals surface area contributed by atoms with Gasteiger partial charge < -0.3 is 5.32 Å². The third kappa shape index (κ3) is 2.55. The Morgan fingerprint density at radius 1 is 1.38 bits per heavy atom. The van der Waals surface area contributed by atoms with Crippen LogP contribution in [0, 0.1) is 0 Å². The molecule has 0 radical (unpaired) electrons. The maximum absolute atomic E-state index is 4.06. The van der Waals surface area contributed by atoms with Crippen LogP contribution in [0.1, 0.15) is 6.92 Å². The van der Waals surface area contributed by atoms with Crippen LogP contribution in [0.3, 0.4) is 0 Å². The van der Waals surface area contributed by atoms with Gasteiger partial charge in [-0.3, -0.25) is 0 Å². The fourth-order valence-electron chi connectivity index (χ4n) is 0.510. The second kappa shape index (κ2) is 4.19. The van der Waals surface area contributed by atoms with E-state index in [1.807, 2.05) is 18.4 Å². The van der Waals surface area contributed by atoms with Crippen LogP contribution in [-0.2, 0) is 0 Å². The first-order valence-electron chi connectivity index (χ1n) is 2.43. The maximum Gasteiger partial charge on any atom is 1.00 e. The number of allylic oxidation sites excluding steroid dienone is 2. The molecule has 1 unspecified atom stereocenters. The Bertz CT molecular complexity index is 107. The minimum absolute atomic E-state index is 0. The Balaban J connectivity index is 0.000000490. The van der Waals surface area contributed by atoms with Gasteiger partial charge in [-0.25, -0.2) is 0 Å². The van der Waals surface area contributed by atoms with Crippen LogP contribution in [0.4, 0.5) is 0 Å². The molecule has 2 heteroatoms. The second-order valence-corrected chi connectivity index (χ2v) is 1.62. The van der Waals surface area contributed by atoms with E-state index in [1.165, 1.54) is 0 Å². The molecular weight excluding hydrogens is 109 g/mol. The van der Waals surface area contributed by atoms with E-state index in [1.54, 1.807) is 0 Å². The molecule has 0 fully saturated rings. The van der Waals surface area contributed by atoms with Crippen molar-refractivity contribution in [1.29, 1.82) is 0 Å². The molecule has 1 atom stereocenters. The molecule has 1 heterocycles. The Hall–Kier alpha value is 0.280. The zero-order valence-corrected chi connectivity index (χ0v) is 7.33. The quantitative estimate of drug-likeness (QED) is 0.355. The molecule has 1 rings (SSSR count). The second-order valence-electron chi connectivity index (χ2n) is 1.62. The Kier molecular flexibility index (Phi) is 4.33. The monoisotopic (exact) mass is 117 g/mol. The van der Waals surface area contributed by atoms with Crippen LogP contribution in [0.15, 0.2) is 24.4 Å². The van der Waals surface area contributed by atoms with Crippen molar-refractivity contribution in [2.75, 3.05) is 0 Å². The van der Waals surface area contributed by atoms with Crippen LogP contribution >= 0.6 is 0 Å². The summed E-state index contributed by atoms with van der Waals surface area (Å²) in [6.45, 7) is 2.06. The number of hydrogen-bond donors (Lipinski definition) is 0. The van der Waals surface area contributed by atoms with E-state index in [4.69, 9.17) is 0 Å². The SMILES string of the molecule is CC1C=CC=C[N-]1.[Na+]. The van der Waals surface area contributed by atoms with Crippen molar-refractivity contribution in [1.82, 2.24) is 0 Å². The molecule has 1 nitrogen and oxygen atoms in total. The Morgan fingerprint density at radius 2 is 2.12 bits per heavy atom. The van der Waals surface area contributed by atoms with Crippen LogP contribution in [0.25, 0.3) is 5.32 Å². The van der Waals surface area contributed by atoms with E-state index in [2.05, 4.69) is 18.3 Å². The summed E-state index contributed by atoms with van der Waals surface area (Å²) in [6.07, 6.45) is 7.82. The predicted molar refractivity (Wildman–Crippen MR) is 31.1 cm³/mol. The van der Waals surface area contributed by atoms with E-state index in [0.29, 0.717) is 6.04 Å². The number of rotatable bonds is 0. The molecular formula is C6H8NNa. The molecule has 0 saturated heterocycles. The van der Waals surface area contributed by atoms with Crippen molar-refractivity contribution >= 4 is 0 Å². The minimum Gasteiger partial charge on any atom is -0.685 e. The van der Waals surface area contributed by atoms with Gasteiger partial charge in [0.25, 0.3) is 0 Å². The van der Waals surface area contributed by atoms with Gasteiger partial charge in [-0.05, 0) is 0 Å². The van der Waals surface area contributed by atoms with Gasteiger partial charge in [-0.15, -0.1) is 6.04 Å². The van der Waals surface area contributed by atoms with E-state index in [9.17, 15) is 0 Å². The largest absolute Gasteiger partial charge is 1.00 e. The fourth-order valence-corrected chi connectivity index (χ4v) is 0.510. The number of hydrogen-bond acceptors (Lipinski definition) is 0. The summed E-state index contributed by atoms with van der Waals surface area (Å²) in [5.74, 6) is 0. The van der Waals surface area contributed by atoms with E-state index in [0.717, 1.165) is 0 Å². The number of nitrogens with zero attached hydrogens (tertiary/aromatic N) is 1. The average Bonchev–Trinajstić information content (AvgIpc) is 1.69. The smallest absolute Gasteiger partial charge is 0.685 e. The van der Waals surface area contributed by atoms with Gasteiger partial charge in [-0.1, -0.05) is 25.2 Å². The van der Waals surface area contributed by atoms with E-state index < -0.39 is 0 Å². The molecule has 1 aliphatic heterocycles. The zero-order valence-electron chi connectivity index (χ0n) is 5.33. The van der Waals surface area contributed by atoms with Crippen LogP contribution in [0.2, 0.25) is 0 Å². The normalized spacial score (nSPS) is 23.9. The van der Waals surface area contributed by atoms with Crippen molar-refractivity contribution in [3.63, 3.8) is 0 Å². The summed E-state index contributed by atoms with van der Waals surface area (Å²) in [5.41, 5.74) is 0. The standard InChI is InChI=1S/C6H8N.Na/c1-6-4-2-3-5-7-6;/h2-6H,1H3;/q-1;+1. The van der Waals surface area contributed by atoms with Crippen molar-refractivity contribution < 1.29 is 29.6 Å². The predicted octanol–water partition coefficient (Wildman–Crippen LogP) is -1.16. The molecule has 0 bridgehead atoms. The summed E-state index contributed by atoms with van der Waals surface area (Å²) < 4.78 is 0. The molecule has 0 aromatic heterocycles. The van der Waals surface area contributed by atoms with Crippen molar-refractivity contribution in [2.45, 2.75) is 13.0 Å². The molecule has 0 saturated carbocycles. The molecule has 8 heavy (non-hydrogen) atoms. The van der Waals surface area contributed by atoms with E-state index >= 15 is 0 Å². The molecule has 1 aliphatic rings. The topological polar surface area (TPSA) is 14.1 Å². The van der Waals surface area contributed by atoms with Gasteiger partial charge in [0.05, 0.1) is 0 Å². The summed E-state index contributed by atoms with van der Waals surface area (Å²) in [6, 6.07) is 0.394. The summed E-state index contributed by atoms with van der Waals surface area (Å²) >= 11 is 0. The summed E-state index contributed by atoms with van der Waals surface area (Å²) in [7, 11) is 0. The average molecular weight is 117 g/mol. The first-order chi connectivity index (χ1) is 3.39. The van der Waals surface area contributed by atoms with Crippen LogP contribution in [0.5, 0.6) is 0 Å². The minimum atomic E-state index is 0. The maximum atomic E-state index is 4.06. The third-order valence-corrected chi connectivity index (χ3v) is 0.908. The van der Waals surface area contributed by atoms with Gasteiger partial charge in [-0.2, -0.15) is 6.20 Å². The summed E-state index contributed by atoms with van der Waals surface area (Å²) in [4.78, 5) is 0. The molecule has 0 aromatic rings. The van der Waals surface area contributed by atoms with Gasteiger partial charge >= 0.3 is 29.6 Å². The van der Waals surface area contributed by atoms with Crippen LogP contribution in [-0.4, -0.2) is 6.04 Å². The van der Waals surface area contributed by atoms with E-state index in [-0.39, 0.29) is 29.6 Å². The van der Waals surface area contributed by atoms with Gasteiger partial charge in [0.15, 0.2) is 0 Å². The van der Waals surface area contributed by atoms with Gasteiger partial charge in [0.1, 0.15) is 0 Å². The third-order valence-electron chi connectivity index (χ3n) is 0.908. The van der Waals surface area contributed by atoms with Crippen molar-refractivity contribution in [3.05, 3.63) is 29.7 Å².